The first-order chi connectivity index (χ1) is 11.4. The molecular formula is C17H16NO4S2-. The Labute approximate surface area is 149 Å². The van der Waals surface area contributed by atoms with Gasteiger partial charge < -0.3 is 14.6 Å². The fourth-order valence-corrected chi connectivity index (χ4v) is 4.07. The van der Waals surface area contributed by atoms with E-state index < -0.39 is 5.97 Å². The lowest BCUT2D eigenvalue weighted by molar-refractivity contribution is -0.305. The summed E-state index contributed by atoms with van der Waals surface area (Å²) in [5, 5.41) is 10.5. The van der Waals surface area contributed by atoms with Crippen LogP contribution in [0.25, 0.3) is 6.08 Å². The predicted molar refractivity (Wildman–Crippen MR) is 94.4 cm³/mol. The minimum atomic E-state index is -1.12. The molecule has 2 aliphatic heterocycles. The molecule has 126 valence electrons. The van der Waals surface area contributed by atoms with Crippen molar-refractivity contribution in [2.24, 2.45) is 0 Å². The summed E-state index contributed by atoms with van der Waals surface area (Å²) in [5.41, 5.74) is 2.07. The normalized spacial score (nSPS) is 21.3. The van der Waals surface area contributed by atoms with Crippen molar-refractivity contribution in [1.82, 2.24) is 4.90 Å². The Bertz CT molecular complexity index is 744. The van der Waals surface area contributed by atoms with Gasteiger partial charge in [-0.2, -0.15) is 0 Å². The van der Waals surface area contributed by atoms with Gasteiger partial charge in [0.05, 0.1) is 4.91 Å². The maximum atomic E-state index is 12.4. The Morgan fingerprint density at radius 2 is 2.33 bits per heavy atom. The first-order valence-electron chi connectivity index (χ1n) is 7.69. The van der Waals surface area contributed by atoms with Crippen molar-refractivity contribution in [1.29, 1.82) is 0 Å². The zero-order valence-electron chi connectivity index (χ0n) is 13.1. The molecule has 0 N–H and O–H groups in total. The number of carboxylic acids is 1. The number of fused-ring (bicyclic) bond motifs is 1. The average Bonchev–Trinajstić information content (AvgIpc) is 3.00. The van der Waals surface area contributed by atoms with Gasteiger partial charge in [-0.15, -0.1) is 0 Å². The predicted octanol–water partition coefficient (Wildman–Crippen LogP) is 1.74. The lowest BCUT2D eigenvalue weighted by Crippen LogP contribution is -2.30. The molecule has 24 heavy (non-hydrogen) atoms. The van der Waals surface area contributed by atoms with E-state index in [2.05, 4.69) is 0 Å². The Balaban J connectivity index is 1.72. The van der Waals surface area contributed by atoms with Gasteiger partial charge in [0.25, 0.3) is 5.91 Å². The van der Waals surface area contributed by atoms with Crippen LogP contribution in [0, 0.1) is 0 Å². The number of nitrogens with zero attached hydrogens (tertiary/aromatic N) is 1. The second-order valence-electron chi connectivity index (χ2n) is 5.81. The quantitative estimate of drug-likeness (QED) is 0.587. The zero-order valence-corrected chi connectivity index (χ0v) is 14.7. The topological polar surface area (TPSA) is 69.7 Å². The SMILES string of the molecule is C[C@H]1Cc2cc(/C=C3\SC(=S)N(CCCC(=O)[O-])C3=O)ccc2O1. The number of benzene rings is 1. The third-order valence-corrected chi connectivity index (χ3v) is 5.23. The van der Waals surface area contributed by atoms with Crippen LogP contribution in [-0.4, -0.2) is 33.7 Å². The Morgan fingerprint density at radius 3 is 3.08 bits per heavy atom. The molecule has 0 aromatic heterocycles. The van der Waals surface area contributed by atoms with Gasteiger partial charge in [0.1, 0.15) is 16.2 Å². The second kappa shape index (κ2) is 6.94. The number of aliphatic carboxylic acids is 1. The number of hydrogen-bond donors (Lipinski definition) is 0. The summed E-state index contributed by atoms with van der Waals surface area (Å²) in [6.07, 6.45) is 3.11. The van der Waals surface area contributed by atoms with E-state index in [1.165, 1.54) is 16.7 Å². The monoisotopic (exact) mass is 362 g/mol. The molecule has 1 fully saturated rings. The number of thiocarbonyl (C=S) groups is 1. The summed E-state index contributed by atoms with van der Waals surface area (Å²) in [7, 11) is 0. The van der Waals surface area contributed by atoms with Crippen LogP contribution in [0.1, 0.15) is 30.9 Å². The van der Waals surface area contributed by atoms with Gasteiger partial charge >= 0.3 is 0 Å². The van der Waals surface area contributed by atoms with Gasteiger partial charge in [-0.3, -0.25) is 9.69 Å². The third-order valence-electron chi connectivity index (χ3n) is 3.85. The molecule has 0 spiro atoms. The summed E-state index contributed by atoms with van der Waals surface area (Å²) >= 11 is 6.47. The van der Waals surface area contributed by atoms with Crippen molar-refractivity contribution in [2.45, 2.75) is 32.3 Å². The van der Waals surface area contributed by atoms with Gasteiger partial charge in [-0.05, 0) is 49.1 Å². The van der Waals surface area contributed by atoms with Crippen LogP contribution in [0.2, 0.25) is 0 Å². The molecule has 0 bridgehead atoms. The van der Waals surface area contributed by atoms with E-state index in [9.17, 15) is 14.7 Å². The van der Waals surface area contributed by atoms with Crippen LogP contribution in [0.4, 0.5) is 0 Å². The smallest absolute Gasteiger partial charge is 0.266 e. The molecule has 0 radical (unpaired) electrons. The molecular weight excluding hydrogens is 346 g/mol. The Morgan fingerprint density at radius 1 is 1.54 bits per heavy atom. The van der Waals surface area contributed by atoms with E-state index in [1.54, 1.807) is 0 Å². The van der Waals surface area contributed by atoms with Crippen molar-refractivity contribution < 1.29 is 19.4 Å². The van der Waals surface area contributed by atoms with Crippen LogP contribution < -0.4 is 9.84 Å². The van der Waals surface area contributed by atoms with Crippen molar-refractivity contribution in [3.63, 3.8) is 0 Å². The number of rotatable bonds is 5. The number of amides is 1. The maximum Gasteiger partial charge on any atom is 0.266 e. The molecule has 0 saturated carbocycles. The molecule has 0 unspecified atom stereocenters. The number of hydrogen-bond acceptors (Lipinski definition) is 6. The Hall–Kier alpha value is -1.86. The van der Waals surface area contributed by atoms with E-state index in [4.69, 9.17) is 17.0 Å². The summed E-state index contributed by atoms with van der Waals surface area (Å²) < 4.78 is 6.14. The van der Waals surface area contributed by atoms with Gasteiger partial charge in [0, 0.05) is 18.9 Å². The highest BCUT2D eigenvalue weighted by molar-refractivity contribution is 8.26. The first-order valence-corrected chi connectivity index (χ1v) is 8.91. The number of carbonyl (C=O) groups excluding carboxylic acids is 2. The number of thioether (sulfide) groups is 1. The summed E-state index contributed by atoms with van der Waals surface area (Å²) in [5.74, 6) is -0.395. The molecule has 1 aromatic carbocycles. The zero-order chi connectivity index (χ0) is 17.3. The van der Waals surface area contributed by atoms with Crippen LogP contribution in [0.15, 0.2) is 23.1 Å². The minimum Gasteiger partial charge on any atom is -0.550 e. The van der Waals surface area contributed by atoms with Crippen molar-refractivity contribution >= 4 is 46.3 Å². The lowest BCUT2D eigenvalue weighted by Gasteiger charge is -2.14. The van der Waals surface area contributed by atoms with Gasteiger partial charge in [-0.25, -0.2) is 0 Å². The molecule has 1 atom stereocenters. The average molecular weight is 362 g/mol. The standard InChI is InChI=1S/C17H17NO4S2/c1-10-7-12-8-11(4-5-13(12)22-10)9-14-16(21)18(17(23)24-14)6-2-3-15(19)20/h4-5,8-10H,2-3,6-7H2,1H3,(H,19,20)/p-1/b14-9-/t10-/m0/s1. The molecule has 0 aliphatic carbocycles. The van der Waals surface area contributed by atoms with Crippen molar-refractivity contribution in [2.75, 3.05) is 6.54 Å². The molecule has 7 heteroatoms. The van der Waals surface area contributed by atoms with E-state index in [-0.39, 0.29) is 18.4 Å². The Kier molecular flexibility index (Phi) is 4.91. The third kappa shape index (κ3) is 3.62. The molecule has 1 saturated heterocycles. The van der Waals surface area contributed by atoms with Crippen LogP contribution in [0.5, 0.6) is 5.75 Å². The second-order valence-corrected chi connectivity index (χ2v) is 7.48. The highest BCUT2D eigenvalue weighted by Crippen LogP contribution is 2.34. The van der Waals surface area contributed by atoms with Crippen molar-refractivity contribution in [3.8, 4) is 5.75 Å². The van der Waals surface area contributed by atoms with E-state index in [0.29, 0.717) is 22.2 Å². The summed E-state index contributed by atoms with van der Waals surface area (Å²) in [6, 6.07) is 5.87. The maximum absolute atomic E-state index is 12.4. The fraction of sp³-hybridized carbons (Fsp3) is 0.353. The lowest BCUT2D eigenvalue weighted by atomic mass is 10.1. The van der Waals surface area contributed by atoms with E-state index in [1.807, 2.05) is 31.2 Å². The van der Waals surface area contributed by atoms with Crippen LogP contribution >= 0.6 is 24.0 Å². The van der Waals surface area contributed by atoms with Gasteiger partial charge in [-0.1, -0.05) is 30.0 Å². The molecule has 5 nitrogen and oxygen atoms in total. The van der Waals surface area contributed by atoms with Gasteiger partial charge in [0.15, 0.2) is 0 Å². The highest BCUT2D eigenvalue weighted by atomic mass is 32.2. The van der Waals surface area contributed by atoms with Crippen molar-refractivity contribution in [3.05, 3.63) is 34.2 Å². The van der Waals surface area contributed by atoms with E-state index >= 15 is 0 Å². The molecule has 1 aromatic rings. The molecule has 3 rings (SSSR count). The summed E-state index contributed by atoms with van der Waals surface area (Å²) in [6.45, 7) is 2.32. The summed E-state index contributed by atoms with van der Waals surface area (Å²) in [4.78, 5) is 24.9. The van der Waals surface area contributed by atoms with Crippen LogP contribution in [0.3, 0.4) is 0 Å². The van der Waals surface area contributed by atoms with E-state index in [0.717, 1.165) is 23.3 Å². The number of carbonyl (C=O) groups is 2. The molecule has 2 aliphatic rings. The first kappa shape index (κ1) is 17.0. The van der Waals surface area contributed by atoms with Gasteiger partial charge in [0.2, 0.25) is 0 Å². The highest BCUT2D eigenvalue weighted by Gasteiger charge is 2.31. The largest absolute Gasteiger partial charge is 0.550 e. The number of carboxylic acid groups (broad SMARTS) is 1. The molecule has 1 amide bonds. The number of ether oxygens (including phenoxy) is 1. The molecule has 2 heterocycles. The minimum absolute atomic E-state index is 0.0842. The van der Waals surface area contributed by atoms with Crippen LogP contribution in [-0.2, 0) is 16.0 Å². The fourth-order valence-electron chi connectivity index (χ4n) is 2.76.